The average Bonchev–Trinajstić information content (AvgIpc) is 3.46. The summed E-state index contributed by atoms with van der Waals surface area (Å²) in [4.78, 5) is 18.0. The Balaban J connectivity index is 1.43. The third kappa shape index (κ3) is 4.15. The number of halogens is 6. The number of anilines is 1. The molecule has 1 unspecified atom stereocenters. The molecule has 0 N–H and O–H groups in total. The van der Waals surface area contributed by atoms with E-state index in [0.29, 0.717) is 31.7 Å². The summed E-state index contributed by atoms with van der Waals surface area (Å²) < 4.78 is 80.6. The van der Waals surface area contributed by atoms with Crippen molar-refractivity contribution in [2.75, 3.05) is 18.0 Å². The lowest BCUT2D eigenvalue weighted by atomic mass is 10.1. The molecular weight excluding hydrogens is 466 g/mol. The van der Waals surface area contributed by atoms with Gasteiger partial charge in [0.05, 0.1) is 18.4 Å². The lowest BCUT2D eigenvalue weighted by Crippen LogP contribution is -2.37. The molecule has 1 saturated heterocycles. The van der Waals surface area contributed by atoms with Crippen LogP contribution in [0.25, 0.3) is 17.2 Å². The van der Waals surface area contributed by atoms with Gasteiger partial charge in [0.15, 0.2) is 22.9 Å². The third-order valence-corrected chi connectivity index (χ3v) is 5.55. The molecule has 5 heterocycles. The molecule has 5 rings (SSSR count). The van der Waals surface area contributed by atoms with Crippen LogP contribution >= 0.6 is 0 Å². The maximum Gasteiger partial charge on any atom is 0.435 e. The fourth-order valence-corrected chi connectivity index (χ4v) is 3.92. The summed E-state index contributed by atoms with van der Waals surface area (Å²) in [7, 11) is 0. The number of hydrogen-bond donors (Lipinski definition) is 0. The van der Waals surface area contributed by atoms with Crippen LogP contribution in [0, 0.1) is 0 Å². The van der Waals surface area contributed by atoms with Crippen molar-refractivity contribution in [3.05, 3.63) is 54.5 Å². The predicted molar refractivity (Wildman–Crippen MR) is 107 cm³/mol. The highest BCUT2D eigenvalue weighted by atomic mass is 19.4. The smallest absolute Gasteiger partial charge is 0.354 e. The quantitative estimate of drug-likeness (QED) is 0.406. The van der Waals surface area contributed by atoms with Gasteiger partial charge in [-0.25, -0.2) is 19.9 Å². The normalized spacial score (nSPS) is 17.5. The van der Waals surface area contributed by atoms with Gasteiger partial charge in [-0.05, 0) is 25.0 Å². The summed E-state index contributed by atoms with van der Waals surface area (Å²) in [5.74, 6) is 0.655. The van der Waals surface area contributed by atoms with Crippen molar-refractivity contribution in [2.45, 2.75) is 31.2 Å². The number of aromatic nitrogens is 7. The van der Waals surface area contributed by atoms with Gasteiger partial charge in [0.1, 0.15) is 11.5 Å². The Hall–Kier alpha value is -3.71. The minimum atomic E-state index is -4.63. The van der Waals surface area contributed by atoms with Gasteiger partial charge in [0.2, 0.25) is 0 Å². The molecule has 4 aromatic rings. The highest BCUT2D eigenvalue weighted by Gasteiger charge is 2.35. The molecular formula is C20H16F6N8. The molecule has 0 aromatic carbocycles. The topological polar surface area (TPSA) is 77.0 Å². The molecule has 1 aliphatic heterocycles. The second-order valence-corrected chi connectivity index (χ2v) is 7.80. The van der Waals surface area contributed by atoms with Gasteiger partial charge >= 0.3 is 12.4 Å². The molecule has 4 aromatic heterocycles. The Labute approximate surface area is 187 Å². The number of nitrogens with zero attached hydrogens (tertiary/aromatic N) is 8. The molecule has 0 aliphatic carbocycles. The Morgan fingerprint density at radius 3 is 2.44 bits per heavy atom. The van der Waals surface area contributed by atoms with Gasteiger partial charge in [-0.3, -0.25) is 9.08 Å². The number of rotatable bonds is 3. The Kier molecular flexibility index (Phi) is 5.17. The number of imidazole rings is 1. The Morgan fingerprint density at radius 1 is 0.912 bits per heavy atom. The van der Waals surface area contributed by atoms with Gasteiger partial charge in [-0.1, -0.05) is 0 Å². The number of piperidine rings is 1. The summed E-state index contributed by atoms with van der Waals surface area (Å²) in [6.07, 6.45) is -1.80. The lowest BCUT2D eigenvalue weighted by Gasteiger charge is -2.33. The van der Waals surface area contributed by atoms with Gasteiger partial charge in [0.25, 0.3) is 0 Å². The van der Waals surface area contributed by atoms with E-state index >= 15 is 0 Å². The monoisotopic (exact) mass is 482 g/mol. The summed E-state index contributed by atoms with van der Waals surface area (Å²) in [5, 5.41) is 3.68. The van der Waals surface area contributed by atoms with Crippen molar-refractivity contribution in [3.8, 4) is 11.5 Å². The summed E-state index contributed by atoms with van der Waals surface area (Å²) in [5.41, 5.74) is -1.57. The van der Waals surface area contributed by atoms with Crippen LogP contribution in [0.3, 0.4) is 0 Å². The zero-order valence-electron chi connectivity index (χ0n) is 17.3. The maximum atomic E-state index is 13.1. The number of fused-ring (bicyclic) bond motifs is 1. The molecule has 8 nitrogen and oxygen atoms in total. The van der Waals surface area contributed by atoms with Crippen molar-refractivity contribution >= 4 is 11.5 Å². The fourth-order valence-electron chi connectivity index (χ4n) is 3.92. The van der Waals surface area contributed by atoms with E-state index < -0.39 is 23.7 Å². The predicted octanol–water partition coefficient (Wildman–Crippen LogP) is 4.26. The van der Waals surface area contributed by atoms with Gasteiger partial charge in [-0.2, -0.15) is 31.4 Å². The SMILES string of the molecule is FC(F)(F)c1cn2c(-c3nccc(N4CCCC(n5ccc(C(F)(F)F)n5)C4)n3)cnc2cn1. The van der Waals surface area contributed by atoms with E-state index in [1.165, 1.54) is 27.7 Å². The van der Waals surface area contributed by atoms with E-state index in [4.69, 9.17) is 0 Å². The van der Waals surface area contributed by atoms with Gasteiger partial charge in [0, 0.05) is 31.7 Å². The molecule has 0 spiro atoms. The molecule has 0 amide bonds. The van der Waals surface area contributed by atoms with E-state index in [1.54, 1.807) is 6.07 Å². The molecule has 178 valence electrons. The first kappa shape index (κ1) is 22.1. The first-order chi connectivity index (χ1) is 16.1. The van der Waals surface area contributed by atoms with E-state index in [2.05, 4.69) is 25.0 Å². The Bertz CT molecular complexity index is 1320. The van der Waals surface area contributed by atoms with Crippen LogP contribution in [0.2, 0.25) is 0 Å². The summed E-state index contributed by atoms with van der Waals surface area (Å²) in [6, 6.07) is 2.29. The van der Waals surface area contributed by atoms with Crippen LogP contribution in [0.5, 0.6) is 0 Å². The molecule has 1 fully saturated rings. The van der Waals surface area contributed by atoms with E-state index in [9.17, 15) is 26.3 Å². The molecule has 1 atom stereocenters. The van der Waals surface area contributed by atoms with E-state index in [0.717, 1.165) is 18.5 Å². The van der Waals surface area contributed by atoms with Gasteiger partial charge in [-0.15, -0.1) is 0 Å². The number of hydrogen-bond acceptors (Lipinski definition) is 6. The number of alkyl halides is 6. The van der Waals surface area contributed by atoms with Crippen LogP contribution in [0.4, 0.5) is 32.2 Å². The molecule has 34 heavy (non-hydrogen) atoms. The highest BCUT2D eigenvalue weighted by molar-refractivity contribution is 5.58. The first-order valence-electron chi connectivity index (χ1n) is 10.2. The van der Waals surface area contributed by atoms with Crippen molar-refractivity contribution in [1.29, 1.82) is 0 Å². The first-order valence-corrected chi connectivity index (χ1v) is 10.2. The summed E-state index contributed by atoms with van der Waals surface area (Å²) in [6.45, 7) is 0.973. The third-order valence-electron chi connectivity index (χ3n) is 5.55. The minimum absolute atomic E-state index is 0.157. The second kappa shape index (κ2) is 7.95. The highest BCUT2D eigenvalue weighted by Crippen LogP contribution is 2.31. The Morgan fingerprint density at radius 2 is 1.71 bits per heavy atom. The van der Waals surface area contributed by atoms with Crippen molar-refractivity contribution < 1.29 is 26.3 Å². The average molecular weight is 482 g/mol. The van der Waals surface area contributed by atoms with Crippen LogP contribution in [-0.4, -0.2) is 47.2 Å². The van der Waals surface area contributed by atoms with E-state index in [-0.39, 0.29) is 23.2 Å². The minimum Gasteiger partial charge on any atom is -0.354 e. The van der Waals surface area contributed by atoms with Crippen molar-refractivity contribution in [3.63, 3.8) is 0 Å². The summed E-state index contributed by atoms with van der Waals surface area (Å²) >= 11 is 0. The van der Waals surface area contributed by atoms with Gasteiger partial charge < -0.3 is 4.90 Å². The maximum absolute atomic E-state index is 13.1. The molecule has 1 aliphatic rings. The molecule has 14 heteroatoms. The van der Waals surface area contributed by atoms with Crippen molar-refractivity contribution in [2.24, 2.45) is 0 Å². The second-order valence-electron chi connectivity index (χ2n) is 7.80. The molecule has 0 bridgehead atoms. The van der Waals surface area contributed by atoms with Crippen LogP contribution in [0.1, 0.15) is 30.3 Å². The lowest BCUT2D eigenvalue weighted by molar-refractivity contribution is -0.142. The molecule has 0 radical (unpaired) electrons. The van der Waals surface area contributed by atoms with E-state index in [1.807, 2.05) is 4.90 Å². The largest absolute Gasteiger partial charge is 0.435 e. The molecule has 0 saturated carbocycles. The van der Waals surface area contributed by atoms with Crippen LogP contribution in [0.15, 0.2) is 43.1 Å². The zero-order valence-corrected chi connectivity index (χ0v) is 17.3. The van der Waals surface area contributed by atoms with Crippen molar-refractivity contribution in [1.82, 2.24) is 34.1 Å². The fraction of sp³-hybridized carbons (Fsp3) is 0.350. The standard InChI is InChI=1S/C20H16F6N8/c21-19(22,23)14-4-7-34(31-14)12-2-1-6-32(10-12)16-3-5-27-18(30-16)13-8-29-17-9-28-15(11-33(13)17)20(24,25)26/h3-5,7-9,11-12H,1-2,6,10H2. The van der Waals surface area contributed by atoms with Crippen LogP contribution in [-0.2, 0) is 12.4 Å². The zero-order chi connectivity index (χ0) is 24.1. The van der Waals surface area contributed by atoms with Crippen LogP contribution < -0.4 is 4.90 Å².